The Morgan fingerprint density at radius 2 is 2.05 bits per heavy atom. The number of ether oxygens (including phenoxy) is 1. The van der Waals surface area contributed by atoms with Crippen molar-refractivity contribution in [3.8, 4) is 0 Å². The highest BCUT2D eigenvalue weighted by molar-refractivity contribution is 14.0. The molecular formula is C9H18F3IN4O2. The predicted octanol–water partition coefficient (Wildman–Crippen LogP) is 0.176. The molecule has 0 fully saturated rings. The molecule has 0 saturated heterocycles. The van der Waals surface area contributed by atoms with Crippen LogP contribution in [0, 0.1) is 0 Å². The maximum absolute atomic E-state index is 12.0. The molecule has 0 heterocycles. The summed E-state index contributed by atoms with van der Waals surface area (Å²) in [5.74, 6) is -0.773. The number of rotatable bonds is 6. The average molecular weight is 398 g/mol. The summed E-state index contributed by atoms with van der Waals surface area (Å²) in [6, 6.07) is 0. The molecule has 0 bridgehead atoms. The summed E-state index contributed by atoms with van der Waals surface area (Å²) < 4.78 is 40.7. The first-order valence-corrected chi connectivity index (χ1v) is 5.09. The number of amides is 1. The number of methoxy groups -OCH3 is 1. The lowest BCUT2D eigenvalue weighted by Gasteiger charge is -2.17. The molecule has 0 aliphatic rings. The van der Waals surface area contributed by atoms with E-state index >= 15 is 0 Å². The van der Waals surface area contributed by atoms with Crippen LogP contribution in [0.15, 0.2) is 4.99 Å². The molecule has 0 atom stereocenters. The van der Waals surface area contributed by atoms with Crippen molar-refractivity contribution in [2.75, 3.05) is 40.4 Å². The number of nitrogens with one attached hydrogen (secondary N) is 1. The van der Waals surface area contributed by atoms with E-state index in [4.69, 9.17) is 10.5 Å². The molecule has 0 aromatic heterocycles. The lowest BCUT2D eigenvalue weighted by atomic mass is 10.5. The van der Waals surface area contributed by atoms with E-state index < -0.39 is 25.2 Å². The van der Waals surface area contributed by atoms with Crippen LogP contribution in [0.5, 0.6) is 0 Å². The third-order valence-electron chi connectivity index (χ3n) is 1.84. The molecule has 1 amide bonds. The van der Waals surface area contributed by atoms with E-state index in [0.29, 0.717) is 18.1 Å². The van der Waals surface area contributed by atoms with E-state index in [-0.39, 0.29) is 29.9 Å². The summed E-state index contributed by atoms with van der Waals surface area (Å²) in [5.41, 5.74) is 5.38. The molecule has 114 valence electrons. The largest absolute Gasteiger partial charge is 0.406 e. The van der Waals surface area contributed by atoms with E-state index in [1.54, 1.807) is 0 Å². The van der Waals surface area contributed by atoms with Gasteiger partial charge in [-0.25, -0.2) is 4.99 Å². The summed E-state index contributed by atoms with van der Waals surface area (Å²) >= 11 is 0. The Hall–Kier alpha value is -0.780. The molecule has 3 N–H and O–H groups in total. The Bertz CT molecular complexity index is 300. The van der Waals surface area contributed by atoms with E-state index in [2.05, 4.69) is 10.3 Å². The Labute approximate surface area is 126 Å². The molecular weight excluding hydrogens is 380 g/mol. The molecule has 10 heteroatoms. The number of likely N-dealkylation sites (N-methyl/N-ethyl adjacent to an activating group) is 1. The van der Waals surface area contributed by atoms with Crippen molar-refractivity contribution < 1.29 is 22.7 Å². The first-order chi connectivity index (χ1) is 8.26. The van der Waals surface area contributed by atoms with Crippen molar-refractivity contribution in [2.45, 2.75) is 6.18 Å². The summed E-state index contributed by atoms with van der Waals surface area (Å²) in [5, 5.41) is 2.64. The molecule has 0 aliphatic carbocycles. The van der Waals surface area contributed by atoms with Crippen molar-refractivity contribution in [1.82, 2.24) is 10.2 Å². The van der Waals surface area contributed by atoms with Gasteiger partial charge in [-0.15, -0.1) is 24.0 Å². The Kier molecular flexibility index (Phi) is 10.9. The van der Waals surface area contributed by atoms with Gasteiger partial charge in [-0.3, -0.25) is 4.79 Å². The summed E-state index contributed by atoms with van der Waals surface area (Å²) in [6.07, 6.45) is -4.42. The molecule has 0 radical (unpaired) electrons. The monoisotopic (exact) mass is 398 g/mol. The molecule has 0 unspecified atom stereocenters. The number of aliphatic imine (C=N–C) groups is 1. The van der Waals surface area contributed by atoms with Crippen LogP contribution < -0.4 is 11.1 Å². The molecule has 0 rings (SSSR count). The standard InChI is InChI=1S/C9H17F3N4O2.HI/c1-16(6-9(10,11)12)7(17)5-15-8(13)14-3-4-18-2;/h3-6H2,1-2H3,(H3,13,14,15);1H. The number of halogens is 4. The van der Waals surface area contributed by atoms with Gasteiger partial charge in [-0.2, -0.15) is 13.2 Å². The second-order valence-electron chi connectivity index (χ2n) is 3.49. The van der Waals surface area contributed by atoms with Crippen LogP contribution in [-0.4, -0.2) is 63.3 Å². The van der Waals surface area contributed by atoms with Crippen LogP contribution in [0.4, 0.5) is 13.2 Å². The number of alkyl halides is 3. The SMILES string of the molecule is COCCNC(N)=NCC(=O)N(C)CC(F)(F)F.I. The van der Waals surface area contributed by atoms with Gasteiger partial charge >= 0.3 is 6.18 Å². The minimum absolute atomic E-state index is 0. The topological polar surface area (TPSA) is 80.0 Å². The molecule has 0 aliphatic heterocycles. The second kappa shape index (κ2) is 10.1. The predicted molar refractivity (Wildman–Crippen MR) is 75.5 cm³/mol. The van der Waals surface area contributed by atoms with Crippen molar-refractivity contribution in [1.29, 1.82) is 0 Å². The summed E-state index contributed by atoms with van der Waals surface area (Å²) in [7, 11) is 2.56. The Balaban J connectivity index is 0. The highest BCUT2D eigenvalue weighted by atomic mass is 127. The minimum Gasteiger partial charge on any atom is -0.383 e. The van der Waals surface area contributed by atoms with Crippen molar-refractivity contribution in [3.63, 3.8) is 0 Å². The van der Waals surface area contributed by atoms with Gasteiger partial charge in [0.15, 0.2) is 5.96 Å². The number of nitrogens with zero attached hydrogens (tertiary/aromatic N) is 2. The first kappa shape index (κ1) is 20.5. The normalized spacial score (nSPS) is 11.7. The van der Waals surface area contributed by atoms with Gasteiger partial charge in [-0.1, -0.05) is 0 Å². The van der Waals surface area contributed by atoms with E-state index in [1.807, 2.05) is 0 Å². The molecule has 0 spiro atoms. The molecule has 0 aromatic rings. The number of carbonyl (C=O) groups excluding carboxylic acids is 1. The van der Waals surface area contributed by atoms with Crippen LogP contribution in [0.2, 0.25) is 0 Å². The average Bonchev–Trinajstić information content (AvgIpc) is 2.23. The molecule has 0 saturated carbocycles. The lowest BCUT2D eigenvalue weighted by Crippen LogP contribution is -2.39. The maximum atomic E-state index is 12.0. The summed E-state index contributed by atoms with van der Waals surface area (Å²) in [6.45, 7) is -0.937. The zero-order valence-corrected chi connectivity index (χ0v) is 13.0. The number of hydrogen-bond donors (Lipinski definition) is 2. The van der Waals surface area contributed by atoms with Crippen molar-refractivity contribution in [2.24, 2.45) is 10.7 Å². The number of nitrogens with two attached hydrogens (primary N) is 1. The van der Waals surface area contributed by atoms with Crippen LogP contribution in [0.25, 0.3) is 0 Å². The van der Waals surface area contributed by atoms with Gasteiger partial charge in [0.25, 0.3) is 0 Å². The van der Waals surface area contributed by atoms with E-state index in [9.17, 15) is 18.0 Å². The quantitative estimate of drug-likeness (QED) is 0.290. The number of hydrogen-bond acceptors (Lipinski definition) is 3. The molecule has 6 nitrogen and oxygen atoms in total. The summed E-state index contributed by atoms with van der Waals surface area (Å²) in [4.78, 5) is 15.4. The third kappa shape index (κ3) is 12.0. The van der Waals surface area contributed by atoms with Gasteiger partial charge in [0.05, 0.1) is 6.61 Å². The van der Waals surface area contributed by atoms with Gasteiger partial charge in [0.1, 0.15) is 13.1 Å². The van der Waals surface area contributed by atoms with E-state index in [1.165, 1.54) is 7.11 Å². The maximum Gasteiger partial charge on any atom is 0.406 e. The first-order valence-electron chi connectivity index (χ1n) is 5.09. The fraction of sp³-hybridized carbons (Fsp3) is 0.778. The van der Waals surface area contributed by atoms with Gasteiger partial charge in [0.2, 0.25) is 5.91 Å². The van der Waals surface area contributed by atoms with Crippen molar-refractivity contribution in [3.05, 3.63) is 0 Å². The lowest BCUT2D eigenvalue weighted by molar-refractivity contribution is -0.157. The smallest absolute Gasteiger partial charge is 0.383 e. The number of guanidine groups is 1. The zero-order valence-electron chi connectivity index (χ0n) is 10.7. The van der Waals surface area contributed by atoms with Gasteiger partial charge in [-0.05, 0) is 0 Å². The number of carbonyl (C=O) groups is 1. The minimum atomic E-state index is -4.42. The van der Waals surface area contributed by atoms with Crippen LogP contribution in [-0.2, 0) is 9.53 Å². The van der Waals surface area contributed by atoms with Gasteiger partial charge < -0.3 is 20.7 Å². The Morgan fingerprint density at radius 3 is 2.53 bits per heavy atom. The van der Waals surface area contributed by atoms with Crippen LogP contribution in [0.1, 0.15) is 0 Å². The van der Waals surface area contributed by atoms with Crippen LogP contribution in [0.3, 0.4) is 0 Å². The fourth-order valence-corrected chi connectivity index (χ4v) is 0.968. The molecule has 19 heavy (non-hydrogen) atoms. The van der Waals surface area contributed by atoms with Crippen molar-refractivity contribution >= 4 is 35.8 Å². The van der Waals surface area contributed by atoms with Gasteiger partial charge in [0, 0.05) is 20.7 Å². The second-order valence-corrected chi connectivity index (χ2v) is 3.49. The van der Waals surface area contributed by atoms with Crippen LogP contribution >= 0.6 is 24.0 Å². The third-order valence-corrected chi connectivity index (χ3v) is 1.84. The Morgan fingerprint density at radius 1 is 1.47 bits per heavy atom. The highest BCUT2D eigenvalue weighted by Gasteiger charge is 2.30. The highest BCUT2D eigenvalue weighted by Crippen LogP contribution is 2.15. The fourth-order valence-electron chi connectivity index (χ4n) is 0.968. The van der Waals surface area contributed by atoms with E-state index in [0.717, 1.165) is 7.05 Å². The molecule has 0 aromatic carbocycles. The zero-order chi connectivity index (χ0) is 14.2.